The minimum absolute atomic E-state index is 0.915. The zero-order chi connectivity index (χ0) is 25.8. The summed E-state index contributed by atoms with van der Waals surface area (Å²) in [4.78, 5) is 0. The fourth-order valence-electron chi connectivity index (χ4n) is 6.67. The Morgan fingerprint density at radius 2 is 0.795 bits per heavy atom. The molecule has 0 saturated heterocycles. The molecule has 9 rings (SSSR count). The minimum atomic E-state index is 0.915. The van der Waals surface area contributed by atoms with Gasteiger partial charge in [0, 0.05) is 30.5 Å². The molecule has 0 aliphatic heterocycles. The molecule has 0 atom stereocenters. The van der Waals surface area contributed by atoms with Gasteiger partial charge in [0.15, 0.2) is 0 Å². The fourth-order valence-corrected chi connectivity index (χ4v) is 7.83. The second-order valence-corrected chi connectivity index (χ2v) is 12.0. The van der Waals surface area contributed by atoms with Gasteiger partial charge in [-0.15, -0.1) is 0 Å². The Morgan fingerprint density at radius 3 is 1.28 bits per heavy atom. The number of furan rings is 1. The normalized spacial score (nSPS) is 12.4. The van der Waals surface area contributed by atoms with Gasteiger partial charge in [0.1, 0.15) is 11.2 Å². The van der Waals surface area contributed by atoms with Crippen molar-refractivity contribution < 1.29 is 4.42 Å². The minimum Gasteiger partial charge on any atom is -0.456 e. The fraction of sp³-hybridized carbons (Fsp3) is 0. The molecule has 0 fully saturated rings. The molecule has 0 radical (unpaired) electrons. The van der Waals surface area contributed by atoms with Crippen molar-refractivity contribution in [3.8, 4) is 0 Å². The number of rotatable bonds is 0. The Bertz CT molecular complexity index is 2340. The maximum absolute atomic E-state index is 6.63. The molecule has 1 aromatic heterocycles. The molecular weight excluding hydrogens is 608 g/mol. The molecule has 9 aromatic rings. The topological polar surface area (TPSA) is 13.1 Å². The number of benzene rings is 8. The summed E-state index contributed by atoms with van der Waals surface area (Å²) in [6, 6.07) is 39.4. The van der Waals surface area contributed by atoms with E-state index in [1.165, 1.54) is 75.4 Å². The summed E-state index contributed by atoms with van der Waals surface area (Å²) in [5.41, 5.74) is 1.83. The van der Waals surface area contributed by atoms with Crippen LogP contribution in [0.1, 0.15) is 0 Å². The van der Waals surface area contributed by atoms with E-state index in [0.717, 1.165) is 20.1 Å². The third kappa shape index (κ3) is 2.89. The predicted octanol–water partition coefficient (Wildman–Crippen LogP) is 12.0. The molecular formula is C36H18Br2O. The SMILES string of the molecule is Brc1cc2ccc3oc4ccc5cc(Br)c6ccc7ccccc7c6c5c4c3c2c2c1ccc1ccccc12. The standard InChI is InChI=1S/C36H18Br2O/c37-27-17-21-11-15-29-35(31(21)33-23-7-3-1-5-19(23)9-13-25(27)33)36-30(39-29)16-12-22-18-28(38)26-14-10-20-6-2-4-8-24(20)34(26)32(22)36/h1-18H. The Balaban J connectivity index is 1.66. The summed E-state index contributed by atoms with van der Waals surface area (Å²) in [6.07, 6.45) is 0. The number of hydrogen-bond acceptors (Lipinski definition) is 1. The van der Waals surface area contributed by atoms with E-state index in [2.05, 4.69) is 141 Å². The third-order valence-electron chi connectivity index (χ3n) is 8.31. The molecule has 0 spiro atoms. The van der Waals surface area contributed by atoms with Crippen LogP contribution in [0.5, 0.6) is 0 Å². The molecule has 3 heteroatoms. The molecule has 8 aromatic carbocycles. The van der Waals surface area contributed by atoms with E-state index in [-0.39, 0.29) is 0 Å². The van der Waals surface area contributed by atoms with E-state index in [1.54, 1.807) is 0 Å². The van der Waals surface area contributed by atoms with Gasteiger partial charge in [0.2, 0.25) is 0 Å². The summed E-state index contributed by atoms with van der Waals surface area (Å²) < 4.78 is 8.84. The van der Waals surface area contributed by atoms with Gasteiger partial charge in [-0.25, -0.2) is 0 Å². The molecule has 1 nitrogen and oxygen atoms in total. The van der Waals surface area contributed by atoms with Gasteiger partial charge in [-0.05, 0) is 78.1 Å². The molecule has 39 heavy (non-hydrogen) atoms. The smallest absolute Gasteiger partial charge is 0.136 e. The number of fused-ring (bicyclic) bond motifs is 15. The number of hydrogen-bond donors (Lipinski definition) is 0. The lowest BCUT2D eigenvalue weighted by atomic mass is 9.90. The molecule has 0 unspecified atom stereocenters. The monoisotopic (exact) mass is 624 g/mol. The first kappa shape index (κ1) is 22.0. The van der Waals surface area contributed by atoms with Crippen molar-refractivity contribution in [2.24, 2.45) is 0 Å². The van der Waals surface area contributed by atoms with Crippen molar-refractivity contribution in [1.82, 2.24) is 0 Å². The van der Waals surface area contributed by atoms with Crippen molar-refractivity contribution in [3.63, 3.8) is 0 Å². The van der Waals surface area contributed by atoms with E-state index in [1.807, 2.05) is 0 Å². The van der Waals surface area contributed by atoms with E-state index >= 15 is 0 Å². The maximum atomic E-state index is 6.63. The van der Waals surface area contributed by atoms with Crippen LogP contribution in [0.15, 0.2) is 123 Å². The van der Waals surface area contributed by atoms with Crippen LogP contribution in [-0.4, -0.2) is 0 Å². The van der Waals surface area contributed by atoms with Crippen molar-refractivity contribution in [1.29, 1.82) is 0 Å². The second kappa shape index (κ2) is 7.81. The van der Waals surface area contributed by atoms with Crippen LogP contribution in [0.25, 0.3) is 86.6 Å². The molecule has 0 saturated carbocycles. The van der Waals surface area contributed by atoms with Crippen LogP contribution < -0.4 is 0 Å². The highest BCUT2D eigenvalue weighted by molar-refractivity contribution is 9.11. The van der Waals surface area contributed by atoms with Crippen molar-refractivity contribution in [2.75, 3.05) is 0 Å². The summed E-state index contributed by atoms with van der Waals surface area (Å²) in [5.74, 6) is 0. The Kier molecular flexibility index (Phi) is 4.40. The average molecular weight is 626 g/mol. The highest BCUT2D eigenvalue weighted by Gasteiger charge is 2.20. The Hall–Kier alpha value is -3.92. The zero-order valence-electron chi connectivity index (χ0n) is 20.6. The summed E-state index contributed by atoms with van der Waals surface area (Å²) in [7, 11) is 0. The molecule has 0 amide bonds. The molecule has 0 aliphatic rings. The molecule has 0 aliphatic carbocycles. The van der Waals surface area contributed by atoms with Crippen LogP contribution in [0, 0.1) is 0 Å². The third-order valence-corrected chi connectivity index (χ3v) is 9.62. The van der Waals surface area contributed by atoms with Gasteiger partial charge in [-0.2, -0.15) is 0 Å². The zero-order valence-corrected chi connectivity index (χ0v) is 23.7. The van der Waals surface area contributed by atoms with Crippen LogP contribution in [0.4, 0.5) is 0 Å². The highest BCUT2D eigenvalue weighted by Crippen LogP contribution is 2.47. The lowest BCUT2D eigenvalue weighted by molar-refractivity contribution is 0.669. The molecule has 1 heterocycles. The lowest BCUT2D eigenvalue weighted by Crippen LogP contribution is -1.86. The first-order chi connectivity index (χ1) is 19.2. The molecule has 182 valence electrons. The van der Waals surface area contributed by atoms with Crippen LogP contribution in [0.3, 0.4) is 0 Å². The van der Waals surface area contributed by atoms with Crippen molar-refractivity contribution >= 4 is 118 Å². The second-order valence-electron chi connectivity index (χ2n) is 10.3. The van der Waals surface area contributed by atoms with Crippen molar-refractivity contribution in [3.05, 3.63) is 118 Å². The maximum Gasteiger partial charge on any atom is 0.136 e. The van der Waals surface area contributed by atoms with E-state index in [0.29, 0.717) is 0 Å². The lowest BCUT2D eigenvalue weighted by Gasteiger charge is -2.13. The number of halogens is 2. The molecule has 0 bridgehead atoms. The Morgan fingerprint density at radius 1 is 0.359 bits per heavy atom. The summed E-state index contributed by atoms with van der Waals surface area (Å²) in [6.45, 7) is 0. The van der Waals surface area contributed by atoms with E-state index < -0.39 is 0 Å². The van der Waals surface area contributed by atoms with Gasteiger partial charge in [-0.3, -0.25) is 0 Å². The van der Waals surface area contributed by atoms with Crippen molar-refractivity contribution in [2.45, 2.75) is 0 Å². The summed E-state index contributed by atoms with van der Waals surface area (Å²) in [5, 5.41) is 17.1. The first-order valence-corrected chi connectivity index (χ1v) is 14.6. The highest BCUT2D eigenvalue weighted by atomic mass is 79.9. The van der Waals surface area contributed by atoms with Gasteiger partial charge in [0.25, 0.3) is 0 Å². The Labute approximate surface area is 239 Å². The van der Waals surface area contributed by atoms with Gasteiger partial charge < -0.3 is 4.42 Å². The van der Waals surface area contributed by atoms with Crippen LogP contribution in [-0.2, 0) is 0 Å². The first-order valence-electron chi connectivity index (χ1n) is 13.0. The largest absolute Gasteiger partial charge is 0.456 e. The van der Waals surface area contributed by atoms with Gasteiger partial charge in [-0.1, -0.05) is 117 Å². The van der Waals surface area contributed by atoms with E-state index in [4.69, 9.17) is 4.42 Å². The van der Waals surface area contributed by atoms with Gasteiger partial charge >= 0.3 is 0 Å². The quantitative estimate of drug-likeness (QED) is 0.153. The molecule has 0 N–H and O–H groups in total. The predicted molar refractivity (Wildman–Crippen MR) is 174 cm³/mol. The van der Waals surface area contributed by atoms with Crippen LogP contribution in [0.2, 0.25) is 0 Å². The van der Waals surface area contributed by atoms with Crippen LogP contribution >= 0.6 is 31.9 Å². The van der Waals surface area contributed by atoms with E-state index in [9.17, 15) is 0 Å². The van der Waals surface area contributed by atoms with Gasteiger partial charge in [0.05, 0.1) is 0 Å². The summed E-state index contributed by atoms with van der Waals surface area (Å²) >= 11 is 7.77. The average Bonchev–Trinajstić information content (AvgIpc) is 3.35.